The molecule has 0 saturated heterocycles. The van der Waals surface area contributed by atoms with Crippen molar-refractivity contribution >= 4 is 16.7 Å². The Morgan fingerprint density at radius 2 is 1.62 bits per heavy atom. The number of carbonyl (C=O) groups is 1. The van der Waals surface area contributed by atoms with Gasteiger partial charge in [0.15, 0.2) is 0 Å². The highest BCUT2D eigenvalue weighted by molar-refractivity contribution is 5.94. The van der Waals surface area contributed by atoms with E-state index in [0.717, 1.165) is 27.6 Å². The van der Waals surface area contributed by atoms with E-state index >= 15 is 0 Å². The normalized spacial score (nSPS) is 10.7. The molecule has 4 rings (SSSR count). The summed E-state index contributed by atoms with van der Waals surface area (Å²) in [6.07, 6.45) is 5.14. The van der Waals surface area contributed by atoms with Crippen LogP contribution in [0, 0.1) is 0 Å². The molecule has 0 N–H and O–H groups in total. The second kappa shape index (κ2) is 8.52. The van der Waals surface area contributed by atoms with Crippen LogP contribution in [0.1, 0.15) is 10.4 Å². The fraction of sp³-hybridized carbons (Fsp3) is 0.125. The Balaban J connectivity index is 1.39. The summed E-state index contributed by atoms with van der Waals surface area (Å²) in [4.78, 5) is 22.2. The van der Waals surface area contributed by atoms with Gasteiger partial charge in [-0.15, -0.1) is 0 Å². The summed E-state index contributed by atoms with van der Waals surface area (Å²) >= 11 is 0. The zero-order valence-corrected chi connectivity index (χ0v) is 16.2. The highest BCUT2D eigenvalue weighted by Gasteiger charge is 2.11. The summed E-state index contributed by atoms with van der Waals surface area (Å²) in [5.74, 6) is 0.777. The minimum atomic E-state index is -0.00914. The average molecular weight is 383 g/mol. The first-order chi connectivity index (χ1) is 14.2. The third-order valence-corrected chi connectivity index (χ3v) is 4.77. The van der Waals surface area contributed by atoms with E-state index in [1.807, 2.05) is 48.5 Å². The van der Waals surface area contributed by atoms with Gasteiger partial charge in [0, 0.05) is 30.6 Å². The molecule has 1 aromatic heterocycles. The van der Waals surface area contributed by atoms with Crippen molar-refractivity contribution < 1.29 is 9.53 Å². The van der Waals surface area contributed by atoms with Crippen LogP contribution in [0.15, 0.2) is 85.5 Å². The van der Waals surface area contributed by atoms with Gasteiger partial charge in [0.1, 0.15) is 18.7 Å². The van der Waals surface area contributed by atoms with Gasteiger partial charge in [0.05, 0.1) is 6.54 Å². The molecule has 0 aliphatic carbocycles. The van der Waals surface area contributed by atoms with E-state index < -0.39 is 0 Å². The minimum Gasteiger partial charge on any atom is -0.492 e. The van der Waals surface area contributed by atoms with E-state index in [1.54, 1.807) is 24.3 Å². The fourth-order valence-corrected chi connectivity index (χ4v) is 3.14. The first-order valence-corrected chi connectivity index (χ1v) is 9.43. The Labute approximate surface area is 169 Å². The molecule has 1 heterocycles. The molecule has 144 valence electrons. The number of carbonyl (C=O) groups excluding carboxylic acids is 1. The van der Waals surface area contributed by atoms with Crippen molar-refractivity contribution in [2.75, 3.05) is 20.2 Å². The number of fused-ring (bicyclic) bond motifs is 1. The van der Waals surface area contributed by atoms with Gasteiger partial charge in [-0.2, -0.15) is 0 Å². The van der Waals surface area contributed by atoms with Crippen molar-refractivity contribution in [1.82, 2.24) is 14.9 Å². The summed E-state index contributed by atoms with van der Waals surface area (Å²) in [7, 11) is 1.79. The van der Waals surface area contributed by atoms with E-state index in [2.05, 4.69) is 28.2 Å². The number of hydrogen-bond acceptors (Lipinski definition) is 4. The van der Waals surface area contributed by atoms with Crippen LogP contribution in [0.3, 0.4) is 0 Å². The van der Waals surface area contributed by atoms with Crippen LogP contribution >= 0.6 is 0 Å². The van der Waals surface area contributed by atoms with Gasteiger partial charge in [-0.1, -0.05) is 36.4 Å². The van der Waals surface area contributed by atoms with Gasteiger partial charge in [-0.25, -0.2) is 9.97 Å². The highest BCUT2D eigenvalue weighted by Crippen LogP contribution is 2.26. The number of ether oxygens (including phenoxy) is 1. The summed E-state index contributed by atoms with van der Waals surface area (Å²) in [6, 6.07) is 21.5. The molecule has 0 fully saturated rings. The third-order valence-electron chi connectivity index (χ3n) is 4.77. The lowest BCUT2D eigenvalue weighted by Gasteiger charge is -2.17. The zero-order valence-electron chi connectivity index (χ0n) is 16.2. The number of amides is 1. The number of aromatic nitrogens is 2. The molecule has 0 bridgehead atoms. The zero-order chi connectivity index (χ0) is 20.1. The van der Waals surface area contributed by atoms with E-state index in [1.165, 1.54) is 6.33 Å². The largest absolute Gasteiger partial charge is 0.492 e. The quantitative estimate of drug-likeness (QED) is 0.494. The predicted octanol–water partition coefficient (Wildman–Crippen LogP) is 4.45. The van der Waals surface area contributed by atoms with Crippen molar-refractivity contribution in [3.63, 3.8) is 0 Å². The molecule has 0 saturated carbocycles. The van der Waals surface area contributed by atoms with Gasteiger partial charge in [0.2, 0.25) is 0 Å². The maximum Gasteiger partial charge on any atom is 0.253 e. The van der Waals surface area contributed by atoms with E-state index in [9.17, 15) is 4.79 Å². The Morgan fingerprint density at radius 1 is 0.897 bits per heavy atom. The molecule has 5 heteroatoms. The van der Waals surface area contributed by atoms with Crippen molar-refractivity contribution in [3.8, 4) is 16.9 Å². The van der Waals surface area contributed by atoms with Gasteiger partial charge in [-0.3, -0.25) is 4.79 Å². The van der Waals surface area contributed by atoms with Gasteiger partial charge in [-0.05, 0) is 46.7 Å². The van der Waals surface area contributed by atoms with Crippen LogP contribution in [0.25, 0.3) is 21.9 Å². The lowest BCUT2D eigenvalue weighted by molar-refractivity contribution is 0.0774. The molecule has 1 amide bonds. The van der Waals surface area contributed by atoms with Crippen LogP contribution in [-0.2, 0) is 0 Å². The standard InChI is InChI=1S/C24H21N3O2/c1-27(24(28)18-5-3-2-4-6-18)11-12-29-23-10-9-19-13-20(7-8-21(19)14-23)22-15-25-17-26-16-22/h2-10,13-17H,11-12H2,1H3. The topological polar surface area (TPSA) is 55.3 Å². The minimum absolute atomic E-state index is 0.00914. The molecule has 4 aromatic rings. The molecule has 0 aliphatic rings. The van der Waals surface area contributed by atoms with Crippen LogP contribution in [0.2, 0.25) is 0 Å². The molecular weight excluding hydrogens is 362 g/mol. The molecule has 0 atom stereocenters. The number of nitrogens with zero attached hydrogens (tertiary/aromatic N) is 3. The lowest BCUT2D eigenvalue weighted by Crippen LogP contribution is -2.30. The SMILES string of the molecule is CN(CCOc1ccc2cc(-c3cncnc3)ccc2c1)C(=O)c1ccccc1. The van der Waals surface area contributed by atoms with E-state index in [4.69, 9.17) is 4.74 Å². The first kappa shape index (κ1) is 18.6. The van der Waals surface area contributed by atoms with Crippen LogP contribution in [0.5, 0.6) is 5.75 Å². The van der Waals surface area contributed by atoms with Gasteiger partial charge < -0.3 is 9.64 Å². The van der Waals surface area contributed by atoms with Crippen LogP contribution in [0.4, 0.5) is 0 Å². The first-order valence-electron chi connectivity index (χ1n) is 9.43. The second-order valence-electron chi connectivity index (χ2n) is 6.79. The van der Waals surface area contributed by atoms with E-state index in [-0.39, 0.29) is 5.91 Å². The van der Waals surface area contributed by atoms with Crippen LogP contribution in [-0.4, -0.2) is 41.0 Å². The van der Waals surface area contributed by atoms with E-state index in [0.29, 0.717) is 18.7 Å². The maximum absolute atomic E-state index is 12.4. The second-order valence-corrected chi connectivity index (χ2v) is 6.79. The number of rotatable bonds is 6. The highest BCUT2D eigenvalue weighted by atomic mass is 16.5. The average Bonchev–Trinajstić information content (AvgIpc) is 2.79. The fourth-order valence-electron chi connectivity index (χ4n) is 3.14. The lowest BCUT2D eigenvalue weighted by atomic mass is 10.0. The molecule has 3 aromatic carbocycles. The summed E-state index contributed by atoms with van der Waals surface area (Å²) in [5.41, 5.74) is 2.74. The predicted molar refractivity (Wildman–Crippen MR) is 114 cm³/mol. The van der Waals surface area contributed by atoms with Crippen LogP contribution < -0.4 is 4.74 Å². The van der Waals surface area contributed by atoms with Crippen molar-refractivity contribution in [2.24, 2.45) is 0 Å². The number of likely N-dealkylation sites (N-methyl/N-ethyl adjacent to an activating group) is 1. The molecular formula is C24H21N3O2. The van der Waals surface area contributed by atoms with Gasteiger partial charge >= 0.3 is 0 Å². The Hall–Kier alpha value is -3.73. The van der Waals surface area contributed by atoms with Crippen molar-refractivity contribution in [3.05, 3.63) is 91.0 Å². The van der Waals surface area contributed by atoms with Gasteiger partial charge in [0.25, 0.3) is 5.91 Å². The Kier molecular flexibility index (Phi) is 5.47. The number of benzene rings is 3. The Morgan fingerprint density at radius 3 is 2.41 bits per heavy atom. The molecule has 29 heavy (non-hydrogen) atoms. The molecule has 5 nitrogen and oxygen atoms in total. The van der Waals surface area contributed by atoms with Crippen molar-refractivity contribution in [1.29, 1.82) is 0 Å². The summed E-state index contributed by atoms with van der Waals surface area (Å²) in [6.45, 7) is 0.943. The summed E-state index contributed by atoms with van der Waals surface area (Å²) < 4.78 is 5.87. The number of hydrogen-bond donors (Lipinski definition) is 0. The third kappa shape index (κ3) is 4.41. The Bertz CT molecular complexity index is 1110. The monoisotopic (exact) mass is 383 g/mol. The maximum atomic E-state index is 12.4. The molecule has 0 radical (unpaired) electrons. The summed E-state index contributed by atoms with van der Waals surface area (Å²) in [5, 5.41) is 2.21. The van der Waals surface area contributed by atoms with Crippen molar-refractivity contribution in [2.45, 2.75) is 0 Å². The smallest absolute Gasteiger partial charge is 0.253 e. The molecule has 0 unspecified atom stereocenters. The molecule has 0 spiro atoms. The molecule has 0 aliphatic heterocycles.